The van der Waals surface area contributed by atoms with Crippen LogP contribution in [0.15, 0.2) is 22.7 Å². The van der Waals surface area contributed by atoms with Crippen LogP contribution in [0.3, 0.4) is 0 Å². The smallest absolute Gasteiger partial charge is 0.226 e. The summed E-state index contributed by atoms with van der Waals surface area (Å²) < 4.78 is 10.5. The van der Waals surface area contributed by atoms with E-state index in [1.54, 1.807) is 18.2 Å². The summed E-state index contributed by atoms with van der Waals surface area (Å²) in [5.74, 6) is 1.61. The Bertz CT molecular complexity index is 528. The summed E-state index contributed by atoms with van der Waals surface area (Å²) in [6.07, 6.45) is 0.690. The van der Waals surface area contributed by atoms with Crippen LogP contribution in [0.25, 0.3) is 0 Å². The van der Waals surface area contributed by atoms with E-state index >= 15 is 0 Å². The van der Waals surface area contributed by atoms with Gasteiger partial charge >= 0.3 is 0 Å². The van der Waals surface area contributed by atoms with Gasteiger partial charge in [-0.05, 0) is 18.2 Å². The van der Waals surface area contributed by atoms with Crippen molar-refractivity contribution in [2.75, 3.05) is 0 Å². The van der Waals surface area contributed by atoms with Gasteiger partial charge in [0.2, 0.25) is 11.7 Å². The lowest BCUT2D eigenvalue weighted by Crippen LogP contribution is -2.00. The van der Waals surface area contributed by atoms with Gasteiger partial charge in [0.1, 0.15) is 5.75 Å². The molecule has 0 saturated carbocycles. The summed E-state index contributed by atoms with van der Waals surface area (Å²) in [6.45, 7) is 1.99. The highest BCUT2D eigenvalue weighted by atomic mass is 35.5. The Kier molecular flexibility index (Phi) is 4.17. The minimum Gasteiger partial charge on any atom is -0.485 e. The SMILES string of the molecule is CCc1nc(COc2ccc(Cl)cc2CO)no1. The van der Waals surface area contributed by atoms with Gasteiger partial charge in [-0.25, -0.2) is 0 Å². The Hall–Kier alpha value is -1.59. The molecular formula is C12H13ClN2O3. The standard InChI is InChI=1S/C12H13ClN2O3/c1-2-12-14-11(15-18-12)7-17-10-4-3-9(13)5-8(10)6-16/h3-5,16H,2,6-7H2,1H3. The normalized spacial score (nSPS) is 10.6. The molecule has 1 heterocycles. The molecule has 0 amide bonds. The van der Waals surface area contributed by atoms with Crippen LogP contribution in [0.2, 0.25) is 5.02 Å². The Morgan fingerprint density at radius 3 is 2.94 bits per heavy atom. The number of aryl methyl sites for hydroxylation is 1. The average Bonchev–Trinajstić information content (AvgIpc) is 2.85. The molecule has 0 unspecified atom stereocenters. The number of ether oxygens (including phenoxy) is 1. The van der Waals surface area contributed by atoms with E-state index < -0.39 is 0 Å². The van der Waals surface area contributed by atoms with E-state index in [0.29, 0.717) is 34.5 Å². The molecule has 0 spiro atoms. The third-order valence-corrected chi connectivity index (χ3v) is 2.60. The first kappa shape index (κ1) is 12.9. The topological polar surface area (TPSA) is 68.4 Å². The Labute approximate surface area is 109 Å². The Morgan fingerprint density at radius 1 is 1.44 bits per heavy atom. The lowest BCUT2D eigenvalue weighted by molar-refractivity contribution is 0.253. The maximum absolute atomic E-state index is 9.19. The largest absolute Gasteiger partial charge is 0.485 e. The van der Waals surface area contributed by atoms with E-state index in [-0.39, 0.29) is 13.2 Å². The number of benzene rings is 1. The molecule has 0 bridgehead atoms. The van der Waals surface area contributed by atoms with E-state index in [9.17, 15) is 5.11 Å². The molecular weight excluding hydrogens is 256 g/mol. The van der Waals surface area contributed by atoms with Crippen molar-refractivity contribution in [2.24, 2.45) is 0 Å². The number of rotatable bonds is 5. The molecule has 18 heavy (non-hydrogen) atoms. The third-order valence-electron chi connectivity index (χ3n) is 2.36. The van der Waals surface area contributed by atoms with Crippen LogP contribution in [0, 0.1) is 0 Å². The van der Waals surface area contributed by atoms with Crippen molar-refractivity contribution < 1.29 is 14.4 Å². The monoisotopic (exact) mass is 268 g/mol. The highest BCUT2D eigenvalue weighted by molar-refractivity contribution is 6.30. The maximum atomic E-state index is 9.19. The minimum absolute atomic E-state index is 0.137. The zero-order valence-electron chi connectivity index (χ0n) is 9.89. The first-order valence-electron chi connectivity index (χ1n) is 5.56. The number of halogens is 1. The van der Waals surface area contributed by atoms with E-state index in [1.807, 2.05) is 6.92 Å². The van der Waals surface area contributed by atoms with Crippen molar-refractivity contribution in [3.8, 4) is 5.75 Å². The van der Waals surface area contributed by atoms with Gasteiger partial charge in [-0.3, -0.25) is 0 Å². The van der Waals surface area contributed by atoms with Gasteiger partial charge in [0.05, 0.1) is 6.61 Å². The average molecular weight is 269 g/mol. The van der Waals surface area contributed by atoms with Crippen LogP contribution in [0.5, 0.6) is 5.75 Å². The summed E-state index contributed by atoms with van der Waals surface area (Å²) in [4.78, 5) is 4.13. The van der Waals surface area contributed by atoms with E-state index in [2.05, 4.69) is 10.1 Å². The fraction of sp³-hybridized carbons (Fsp3) is 0.333. The second kappa shape index (κ2) is 5.84. The molecule has 1 aromatic heterocycles. The molecule has 0 fully saturated rings. The lowest BCUT2D eigenvalue weighted by atomic mass is 10.2. The third kappa shape index (κ3) is 3.00. The van der Waals surface area contributed by atoms with Gasteiger partial charge in [0.25, 0.3) is 0 Å². The molecule has 0 aliphatic heterocycles. The fourth-order valence-corrected chi connectivity index (χ4v) is 1.64. The molecule has 6 heteroatoms. The van der Waals surface area contributed by atoms with Gasteiger partial charge in [-0.2, -0.15) is 4.98 Å². The second-order valence-corrected chi connectivity index (χ2v) is 4.09. The van der Waals surface area contributed by atoms with E-state index in [4.69, 9.17) is 20.9 Å². The van der Waals surface area contributed by atoms with Crippen molar-refractivity contribution in [3.63, 3.8) is 0 Å². The van der Waals surface area contributed by atoms with Gasteiger partial charge in [0.15, 0.2) is 6.61 Å². The molecule has 0 saturated heterocycles. The number of aliphatic hydroxyl groups is 1. The molecule has 5 nitrogen and oxygen atoms in total. The highest BCUT2D eigenvalue weighted by Crippen LogP contribution is 2.23. The summed E-state index contributed by atoms with van der Waals surface area (Å²) in [7, 11) is 0. The van der Waals surface area contributed by atoms with Crippen LogP contribution in [-0.4, -0.2) is 15.2 Å². The van der Waals surface area contributed by atoms with Crippen molar-refractivity contribution in [1.82, 2.24) is 10.1 Å². The van der Waals surface area contributed by atoms with Crippen molar-refractivity contribution in [2.45, 2.75) is 26.6 Å². The van der Waals surface area contributed by atoms with Crippen LogP contribution in [0.4, 0.5) is 0 Å². The maximum Gasteiger partial charge on any atom is 0.226 e. The van der Waals surface area contributed by atoms with Crippen LogP contribution in [-0.2, 0) is 19.6 Å². The number of aliphatic hydroxyl groups excluding tert-OH is 1. The lowest BCUT2D eigenvalue weighted by Gasteiger charge is -2.08. The second-order valence-electron chi connectivity index (χ2n) is 3.66. The van der Waals surface area contributed by atoms with Crippen molar-refractivity contribution in [1.29, 1.82) is 0 Å². The first-order valence-corrected chi connectivity index (χ1v) is 5.94. The highest BCUT2D eigenvalue weighted by Gasteiger charge is 2.08. The van der Waals surface area contributed by atoms with Crippen molar-refractivity contribution in [3.05, 3.63) is 40.5 Å². The van der Waals surface area contributed by atoms with Crippen molar-refractivity contribution >= 4 is 11.6 Å². The Morgan fingerprint density at radius 2 is 2.28 bits per heavy atom. The summed E-state index contributed by atoms with van der Waals surface area (Å²) in [5, 5.41) is 13.5. The molecule has 0 aliphatic carbocycles. The van der Waals surface area contributed by atoms with Gasteiger partial charge in [0, 0.05) is 17.0 Å². The first-order chi connectivity index (χ1) is 8.72. The number of hydrogen-bond acceptors (Lipinski definition) is 5. The molecule has 1 N–H and O–H groups in total. The minimum atomic E-state index is -0.137. The van der Waals surface area contributed by atoms with Gasteiger partial charge in [-0.15, -0.1) is 0 Å². The molecule has 2 aromatic rings. The number of hydrogen-bond donors (Lipinski definition) is 1. The molecule has 1 aromatic carbocycles. The predicted molar refractivity (Wildman–Crippen MR) is 65.4 cm³/mol. The quantitative estimate of drug-likeness (QED) is 0.901. The fourth-order valence-electron chi connectivity index (χ4n) is 1.45. The van der Waals surface area contributed by atoms with E-state index in [0.717, 1.165) is 0 Å². The molecule has 2 rings (SSSR count). The molecule has 0 atom stereocenters. The zero-order valence-corrected chi connectivity index (χ0v) is 10.6. The summed E-state index contributed by atoms with van der Waals surface area (Å²) in [6, 6.07) is 5.06. The predicted octanol–water partition coefficient (Wildman–Crippen LogP) is 2.36. The van der Waals surface area contributed by atoms with Crippen LogP contribution >= 0.6 is 11.6 Å². The Balaban J connectivity index is 2.05. The van der Waals surface area contributed by atoms with E-state index in [1.165, 1.54) is 0 Å². The number of aromatic nitrogens is 2. The molecule has 0 radical (unpaired) electrons. The zero-order chi connectivity index (χ0) is 13.0. The summed E-state index contributed by atoms with van der Waals surface area (Å²) in [5.41, 5.74) is 0.627. The molecule has 0 aliphatic rings. The van der Waals surface area contributed by atoms with Crippen LogP contribution in [0.1, 0.15) is 24.2 Å². The van der Waals surface area contributed by atoms with Crippen LogP contribution < -0.4 is 4.74 Å². The molecule has 96 valence electrons. The summed E-state index contributed by atoms with van der Waals surface area (Å²) >= 11 is 5.83. The van der Waals surface area contributed by atoms with Gasteiger partial charge < -0.3 is 14.4 Å². The number of nitrogens with zero attached hydrogens (tertiary/aromatic N) is 2. The van der Waals surface area contributed by atoms with Gasteiger partial charge in [-0.1, -0.05) is 23.7 Å².